The molecule has 0 bridgehead atoms. The van der Waals surface area contributed by atoms with E-state index in [9.17, 15) is 14.4 Å². The molecule has 2 N–H and O–H groups in total. The number of nitrogens with zero attached hydrogens (tertiary/aromatic N) is 1. The first-order chi connectivity index (χ1) is 12.4. The van der Waals surface area contributed by atoms with E-state index in [0.29, 0.717) is 22.9 Å². The average molecular weight is 357 g/mol. The predicted octanol–water partition coefficient (Wildman–Crippen LogP) is 3.26. The van der Waals surface area contributed by atoms with Gasteiger partial charge in [-0.15, -0.1) is 0 Å². The smallest absolute Gasteiger partial charge is 0.254 e. The van der Waals surface area contributed by atoms with Crippen LogP contribution in [0.1, 0.15) is 56.3 Å². The van der Waals surface area contributed by atoms with Gasteiger partial charge in [-0.1, -0.05) is 19.3 Å². The fourth-order valence-corrected chi connectivity index (χ4v) is 4.27. The molecule has 2 atom stereocenters. The predicted molar refractivity (Wildman–Crippen MR) is 101 cm³/mol. The number of benzene rings is 1. The Morgan fingerprint density at radius 1 is 0.885 bits per heavy atom. The molecular formula is C20H27N3O3. The molecule has 1 aromatic rings. The zero-order valence-corrected chi connectivity index (χ0v) is 15.5. The van der Waals surface area contributed by atoms with E-state index in [1.54, 1.807) is 18.2 Å². The lowest BCUT2D eigenvalue weighted by atomic mass is 9.75. The molecule has 1 aromatic carbocycles. The minimum atomic E-state index is -0.216. The van der Waals surface area contributed by atoms with Crippen molar-refractivity contribution in [3.8, 4) is 0 Å². The van der Waals surface area contributed by atoms with Crippen molar-refractivity contribution in [1.82, 2.24) is 4.90 Å². The third-order valence-corrected chi connectivity index (χ3v) is 5.40. The molecule has 0 aromatic heterocycles. The van der Waals surface area contributed by atoms with E-state index in [1.807, 2.05) is 4.90 Å². The summed E-state index contributed by atoms with van der Waals surface area (Å²) in [7, 11) is 0. The maximum atomic E-state index is 13.1. The molecular weight excluding hydrogens is 330 g/mol. The lowest BCUT2D eigenvalue weighted by molar-refractivity contribution is -0.115. The van der Waals surface area contributed by atoms with Crippen molar-refractivity contribution in [1.29, 1.82) is 0 Å². The van der Waals surface area contributed by atoms with Crippen molar-refractivity contribution in [2.45, 2.75) is 46.0 Å². The average Bonchev–Trinajstić information content (AvgIpc) is 2.59. The van der Waals surface area contributed by atoms with Gasteiger partial charge in [-0.05, 0) is 42.9 Å². The molecule has 6 heteroatoms. The van der Waals surface area contributed by atoms with E-state index in [1.165, 1.54) is 39.5 Å². The zero-order chi connectivity index (χ0) is 18.7. The molecule has 3 amide bonds. The number of anilines is 2. The summed E-state index contributed by atoms with van der Waals surface area (Å²) >= 11 is 0. The van der Waals surface area contributed by atoms with Crippen LogP contribution in [0.4, 0.5) is 11.4 Å². The number of carbonyl (C=O) groups is 3. The van der Waals surface area contributed by atoms with Gasteiger partial charge in [0.25, 0.3) is 5.91 Å². The second-order valence-electron chi connectivity index (χ2n) is 7.51. The van der Waals surface area contributed by atoms with Crippen molar-refractivity contribution < 1.29 is 14.4 Å². The molecule has 1 saturated carbocycles. The van der Waals surface area contributed by atoms with Crippen molar-refractivity contribution >= 4 is 29.1 Å². The van der Waals surface area contributed by atoms with E-state index in [-0.39, 0.29) is 17.7 Å². The minimum Gasteiger partial charge on any atom is -0.338 e. The quantitative estimate of drug-likeness (QED) is 0.871. The number of piperidine rings is 1. The summed E-state index contributed by atoms with van der Waals surface area (Å²) in [5, 5.41) is 5.40. The Morgan fingerprint density at radius 2 is 1.46 bits per heavy atom. The second kappa shape index (κ2) is 7.89. The largest absolute Gasteiger partial charge is 0.338 e. The van der Waals surface area contributed by atoms with Crippen LogP contribution in [-0.4, -0.2) is 35.7 Å². The topological polar surface area (TPSA) is 78.5 Å². The van der Waals surface area contributed by atoms with Crippen molar-refractivity contribution in [3.63, 3.8) is 0 Å². The summed E-state index contributed by atoms with van der Waals surface area (Å²) in [5.41, 5.74) is 1.52. The number of carbonyl (C=O) groups excluding carboxylic acids is 3. The van der Waals surface area contributed by atoms with Crippen LogP contribution in [0.15, 0.2) is 18.2 Å². The Hall–Kier alpha value is -2.37. The Labute approximate surface area is 154 Å². The third kappa shape index (κ3) is 4.42. The number of hydrogen-bond acceptors (Lipinski definition) is 3. The molecule has 140 valence electrons. The van der Waals surface area contributed by atoms with Gasteiger partial charge in [0.05, 0.1) is 0 Å². The lowest BCUT2D eigenvalue weighted by Crippen LogP contribution is -2.44. The van der Waals surface area contributed by atoms with Crippen LogP contribution in [0.5, 0.6) is 0 Å². The van der Waals surface area contributed by atoms with Crippen LogP contribution in [0, 0.1) is 11.8 Å². The normalized spacial score (nSPS) is 22.3. The van der Waals surface area contributed by atoms with E-state index in [4.69, 9.17) is 0 Å². The van der Waals surface area contributed by atoms with Gasteiger partial charge in [-0.25, -0.2) is 0 Å². The first kappa shape index (κ1) is 18.4. The highest BCUT2D eigenvalue weighted by Gasteiger charge is 2.33. The highest BCUT2D eigenvalue weighted by Crippen LogP contribution is 2.36. The molecule has 0 radical (unpaired) electrons. The number of rotatable bonds is 3. The number of nitrogens with one attached hydrogen (secondary N) is 2. The fraction of sp³-hybridized carbons (Fsp3) is 0.550. The van der Waals surface area contributed by atoms with Gasteiger partial charge >= 0.3 is 0 Å². The number of fused-ring (bicyclic) bond motifs is 1. The van der Waals surface area contributed by atoms with Gasteiger partial charge in [-0.3, -0.25) is 14.4 Å². The molecule has 3 rings (SSSR count). The fourth-order valence-electron chi connectivity index (χ4n) is 4.27. The van der Waals surface area contributed by atoms with E-state index < -0.39 is 0 Å². The minimum absolute atomic E-state index is 0.0344. The van der Waals surface area contributed by atoms with Gasteiger partial charge in [0, 0.05) is 43.9 Å². The summed E-state index contributed by atoms with van der Waals surface area (Å²) in [6, 6.07) is 5.02. The van der Waals surface area contributed by atoms with Gasteiger partial charge in [0.15, 0.2) is 0 Å². The molecule has 26 heavy (non-hydrogen) atoms. The summed E-state index contributed by atoms with van der Waals surface area (Å²) < 4.78 is 0. The van der Waals surface area contributed by atoms with Crippen LogP contribution >= 0.6 is 0 Å². The molecule has 1 saturated heterocycles. The van der Waals surface area contributed by atoms with Gasteiger partial charge in [0.2, 0.25) is 11.8 Å². The molecule has 0 spiro atoms. The molecule has 2 fully saturated rings. The first-order valence-corrected chi connectivity index (χ1v) is 9.42. The Balaban J connectivity index is 1.80. The Morgan fingerprint density at radius 3 is 2.04 bits per heavy atom. The molecule has 0 unspecified atom stereocenters. The van der Waals surface area contributed by atoms with Gasteiger partial charge < -0.3 is 15.5 Å². The van der Waals surface area contributed by atoms with Crippen LogP contribution < -0.4 is 10.6 Å². The molecule has 6 nitrogen and oxygen atoms in total. The molecule has 2 aliphatic rings. The Kier molecular flexibility index (Phi) is 5.59. The SMILES string of the molecule is CC(=O)Nc1cc(NC(C)=O)cc(C(=O)N2CC[C@H]3CCCC[C@H]3C2)c1. The molecule has 1 aliphatic heterocycles. The maximum Gasteiger partial charge on any atom is 0.254 e. The summed E-state index contributed by atoms with van der Waals surface area (Å²) in [6.07, 6.45) is 6.14. The van der Waals surface area contributed by atoms with Crippen LogP contribution in [-0.2, 0) is 9.59 Å². The summed E-state index contributed by atoms with van der Waals surface area (Å²) in [6.45, 7) is 4.42. The second-order valence-corrected chi connectivity index (χ2v) is 7.51. The third-order valence-electron chi connectivity index (χ3n) is 5.40. The monoisotopic (exact) mass is 357 g/mol. The molecule has 1 aliphatic carbocycles. The van der Waals surface area contributed by atoms with Crippen LogP contribution in [0.25, 0.3) is 0 Å². The number of likely N-dealkylation sites (tertiary alicyclic amines) is 1. The maximum absolute atomic E-state index is 13.1. The van der Waals surface area contributed by atoms with Crippen molar-refractivity contribution in [2.24, 2.45) is 11.8 Å². The number of amides is 3. The Bertz CT molecular complexity index is 682. The van der Waals surface area contributed by atoms with Crippen molar-refractivity contribution in [2.75, 3.05) is 23.7 Å². The number of hydrogen-bond donors (Lipinski definition) is 2. The van der Waals surface area contributed by atoms with Gasteiger partial charge in [0.1, 0.15) is 0 Å². The lowest BCUT2D eigenvalue weighted by Gasteiger charge is -2.41. The van der Waals surface area contributed by atoms with Gasteiger partial charge in [-0.2, -0.15) is 0 Å². The van der Waals surface area contributed by atoms with Crippen LogP contribution in [0.3, 0.4) is 0 Å². The zero-order valence-electron chi connectivity index (χ0n) is 15.5. The standard InChI is InChI=1S/C20H27N3O3/c1-13(24)21-18-9-17(10-19(11-18)22-14(2)25)20(26)23-8-7-15-5-3-4-6-16(15)12-23/h9-11,15-16H,3-8,12H2,1-2H3,(H,21,24)(H,22,25)/t15-,16+/m1/s1. The van der Waals surface area contributed by atoms with E-state index >= 15 is 0 Å². The van der Waals surface area contributed by atoms with Crippen LogP contribution in [0.2, 0.25) is 0 Å². The first-order valence-electron chi connectivity index (χ1n) is 9.42. The summed E-state index contributed by atoms with van der Waals surface area (Å²) in [5.74, 6) is 0.897. The van der Waals surface area contributed by atoms with E-state index in [0.717, 1.165) is 25.4 Å². The summed E-state index contributed by atoms with van der Waals surface area (Å²) in [4.78, 5) is 37.8. The van der Waals surface area contributed by atoms with E-state index in [2.05, 4.69) is 10.6 Å². The molecule has 1 heterocycles. The van der Waals surface area contributed by atoms with Crippen molar-refractivity contribution in [3.05, 3.63) is 23.8 Å². The highest BCUT2D eigenvalue weighted by atomic mass is 16.2. The highest BCUT2D eigenvalue weighted by molar-refractivity contribution is 6.00.